The summed E-state index contributed by atoms with van der Waals surface area (Å²) in [5, 5.41) is 9.11. The van der Waals surface area contributed by atoms with Crippen LogP contribution in [0.2, 0.25) is 64.5 Å². The Bertz CT molecular complexity index is 1790. The second-order valence-corrected chi connectivity index (χ2v) is 32.9. The van der Waals surface area contributed by atoms with E-state index in [0.29, 0.717) is 5.54 Å². The quantitative estimate of drug-likeness (QED) is 0.114. The molecule has 0 saturated heterocycles. The summed E-state index contributed by atoms with van der Waals surface area (Å²) >= 11 is 1.46. The predicted molar refractivity (Wildman–Crippen MR) is 221 cm³/mol. The minimum atomic E-state index is -1.21. The molecule has 1 atom stereocenters. The second kappa shape index (κ2) is 16.1. The third-order valence-corrected chi connectivity index (χ3v) is 17.6. The molecule has 0 radical (unpaired) electrons. The van der Waals surface area contributed by atoms with Gasteiger partial charge in [0, 0.05) is 8.07 Å². The molecule has 248 valence electrons. The van der Waals surface area contributed by atoms with Crippen molar-refractivity contribution in [1.29, 1.82) is 0 Å². The Hall–Kier alpha value is -2.37. The number of allylic oxidation sites excluding steroid dienone is 4. The first-order valence-electron chi connectivity index (χ1n) is 17.7. The van der Waals surface area contributed by atoms with Gasteiger partial charge in [-0.3, -0.25) is 6.08 Å². The Kier molecular flexibility index (Phi) is 12.9. The van der Waals surface area contributed by atoms with Crippen LogP contribution in [0.4, 0.5) is 0 Å². The normalized spacial score (nSPS) is 14.9. The van der Waals surface area contributed by atoms with E-state index in [2.05, 4.69) is 188 Å². The van der Waals surface area contributed by atoms with E-state index in [4.69, 9.17) is 0 Å². The molecule has 5 aromatic carbocycles. The molecule has 0 bridgehead atoms. The van der Waals surface area contributed by atoms with Crippen LogP contribution in [0, 0.1) is 6.08 Å². The van der Waals surface area contributed by atoms with E-state index in [1.807, 2.05) is 5.20 Å². The molecule has 0 aromatic heterocycles. The van der Waals surface area contributed by atoms with E-state index in [1.165, 1.54) is 71.2 Å². The Morgan fingerprint density at radius 3 is 1.42 bits per heavy atom. The van der Waals surface area contributed by atoms with Crippen molar-refractivity contribution in [2.24, 2.45) is 0 Å². The Balaban J connectivity index is 0.000000163. The predicted octanol–water partition coefficient (Wildman–Crippen LogP) is 12.8. The van der Waals surface area contributed by atoms with E-state index >= 15 is 0 Å². The zero-order valence-corrected chi connectivity index (χ0v) is 36.8. The van der Waals surface area contributed by atoms with Crippen molar-refractivity contribution < 1.29 is 24.2 Å². The van der Waals surface area contributed by atoms with Gasteiger partial charge < -0.3 is 0 Å². The molecule has 0 saturated carbocycles. The third-order valence-electron chi connectivity index (χ3n) is 9.23. The van der Waals surface area contributed by atoms with E-state index in [-0.39, 0.29) is 0 Å². The maximum atomic E-state index is 3.74. The molecule has 6 rings (SSSR count). The van der Waals surface area contributed by atoms with Crippen molar-refractivity contribution >= 4 is 49.0 Å². The summed E-state index contributed by atoms with van der Waals surface area (Å²) in [6, 6.07) is 37.1. The number of hydrogen-bond donors (Lipinski definition) is 0. The standard InChI is InChI=1S/C17H17.C14H29Si3.C13H10.Zr/c1-3-12-5-7-16-14(9-12)11-15-10-13(4-2)6-8-17(15)16;1-15(2,3)12-10-11-13(16(4,5)6)14(12)17(7,8)9;1-3-7-12(8-4-1)11-13-9-5-2-6-10-13;/h5-11H,3-4H2,1-2H3;10,13H,1-9H3;1-10H;/q2*-1;;+2. The molecule has 5 aromatic rings. The molecular weight excluding hydrogens is 704 g/mol. The summed E-state index contributed by atoms with van der Waals surface area (Å²) in [5.41, 5.74) is 6.19. The fraction of sp³-hybridized carbons (Fsp3) is 0.318. The first-order valence-corrected chi connectivity index (χ1v) is 29.5. The molecule has 48 heavy (non-hydrogen) atoms. The number of fused-ring (bicyclic) bond motifs is 3. The number of hydrogen-bond acceptors (Lipinski definition) is 0. The second-order valence-electron chi connectivity index (χ2n) is 16.2. The summed E-state index contributed by atoms with van der Waals surface area (Å²) in [7, 11) is -3.57. The maximum absolute atomic E-state index is 3.74. The molecule has 1 aliphatic rings. The average molecular weight is 760 g/mol. The van der Waals surface area contributed by atoms with Crippen molar-refractivity contribution in [2.45, 2.75) is 91.2 Å². The van der Waals surface area contributed by atoms with Gasteiger partial charge in [0.15, 0.2) is 0 Å². The van der Waals surface area contributed by atoms with Crippen molar-refractivity contribution in [3.63, 3.8) is 0 Å². The average Bonchev–Trinajstić information content (AvgIpc) is 3.68. The Morgan fingerprint density at radius 1 is 0.625 bits per heavy atom. The van der Waals surface area contributed by atoms with Crippen LogP contribution in [0.25, 0.3) is 21.5 Å². The van der Waals surface area contributed by atoms with Crippen molar-refractivity contribution in [2.75, 3.05) is 0 Å². The molecule has 1 unspecified atom stereocenters. The fourth-order valence-electron chi connectivity index (χ4n) is 6.56. The van der Waals surface area contributed by atoms with Gasteiger partial charge >= 0.3 is 99.2 Å². The van der Waals surface area contributed by atoms with Gasteiger partial charge in [-0.1, -0.05) is 108 Å². The van der Waals surface area contributed by atoms with E-state index in [1.54, 1.807) is 5.20 Å². The molecule has 1 aliphatic carbocycles. The van der Waals surface area contributed by atoms with Crippen LogP contribution in [-0.2, 0) is 37.1 Å². The molecule has 0 fully saturated rings. The van der Waals surface area contributed by atoms with Gasteiger partial charge in [0.05, 0.1) is 8.07 Å². The van der Waals surface area contributed by atoms with Gasteiger partial charge in [-0.15, -0.1) is 45.3 Å². The van der Waals surface area contributed by atoms with Crippen LogP contribution in [-0.4, -0.2) is 27.4 Å². The molecule has 0 nitrogen and oxygen atoms in total. The first kappa shape index (κ1) is 38.4. The number of rotatable bonds is 7. The van der Waals surface area contributed by atoms with Gasteiger partial charge in [-0.2, -0.15) is 5.20 Å². The number of benzene rings is 4. The van der Waals surface area contributed by atoms with Gasteiger partial charge in [0.25, 0.3) is 0 Å². The van der Waals surface area contributed by atoms with Crippen LogP contribution in [0.1, 0.15) is 36.1 Å². The molecular formula is C44H56Si3Zr. The summed E-state index contributed by atoms with van der Waals surface area (Å²) in [6.07, 6.45) is 8.34. The first-order chi connectivity index (χ1) is 22.5. The number of aryl methyl sites for hydroxylation is 2. The van der Waals surface area contributed by atoms with Crippen LogP contribution < -0.4 is 0 Å². The van der Waals surface area contributed by atoms with Gasteiger partial charge in [0.2, 0.25) is 0 Å². The SMILES string of the molecule is CCc1ccc2c(c1)[cH-]c1cc(CC)ccc12.C[Si](C)(C)C1=C([Si](C)(C)C)C([Si](C)(C)C)[C-]=C1.[Zr+2]=[C](c1ccccc1)c1ccccc1. The van der Waals surface area contributed by atoms with Gasteiger partial charge in [-0.25, -0.2) is 11.3 Å². The molecule has 4 heteroatoms. The van der Waals surface area contributed by atoms with Crippen LogP contribution in [0.5, 0.6) is 0 Å². The monoisotopic (exact) mass is 758 g/mol. The van der Waals surface area contributed by atoms with Crippen LogP contribution in [0.15, 0.2) is 120 Å². The van der Waals surface area contributed by atoms with E-state index in [0.717, 1.165) is 12.8 Å². The summed E-state index contributed by atoms with van der Waals surface area (Å²) < 4.78 is 1.42. The van der Waals surface area contributed by atoms with Crippen molar-refractivity contribution in [3.05, 3.63) is 148 Å². The van der Waals surface area contributed by atoms with E-state index in [9.17, 15) is 0 Å². The summed E-state index contributed by atoms with van der Waals surface area (Å²) in [4.78, 5) is 0. The topological polar surface area (TPSA) is 0 Å². The van der Waals surface area contributed by atoms with Gasteiger partial charge in [0.1, 0.15) is 0 Å². The Labute approximate surface area is 310 Å². The summed E-state index contributed by atoms with van der Waals surface area (Å²) in [6.45, 7) is 26.9. The molecule has 0 spiro atoms. The van der Waals surface area contributed by atoms with Crippen molar-refractivity contribution in [1.82, 2.24) is 0 Å². The molecule has 0 amide bonds. The fourth-order valence-corrected chi connectivity index (χ4v) is 17.3. The van der Waals surface area contributed by atoms with Crippen LogP contribution in [0.3, 0.4) is 0 Å². The molecule has 0 aliphatic heterocycles. The minimum absolute atomic E-state index is 0.691. The summed E-state index contributed by atoms with van der Waals surface area (Å²) in [5.74, 6) is 0. The third kappa shape index (κ3) is 9.65. The van der Waals surface area contributed by atoms with Crippen LogP contribution >= 0.6 is 0 Å². The Morgan fingerprint density at radius 2 is 1.06 bits per heavy atom. The zero-order valence-electron chi connectivity index (χ0n) is 31.4. The van der Waals surface area contributed by atoms with Crippen molar-refractivity contribution in [3.8, 4) is 0 Å². The zero-order chi connectivity index (χ0) is 35.3. The molecule has 0 heterocycles. The van der Waals surface area contributed by atoms with Gasteiger partial charge in [-0.05, 0) is 20.9 Å². The van der Waals surface area contributed by atoms with E-state index < -0.39 is 24.2 Å². The molecule has 0 N–H and O–H groups in total.